The van der Waals surface area contributed by atoms with Gasteiger partial charge >= 0.3 is 0 Å². The van der Waals surface area contributed by atoms with Gasteiger partial charge in [-0.2, -0.15) is 0 Å². The molecule has 0 saturated heterocycles. The van der Waals surface area contributed by atoms with Crippen molar-refractivity contribution in [1.82, 2.24) is 0 Å². The second kappa shape index (κ2) is 6.23. The Labute approximate surface area is 184 Å². The Balaban J connectivity index is 1.38. The van der Waals surface area contributed by atoms with Crippen molar-refractivity contribution in [2.75, 3.05) is 0 Å². The number of fused-ring (bicyclic) bond motifs is 6. The highest BCUT2D eigenvalue weighted by atomic mass is 32.1. The lowest BCUT2D eigenvalue weighted by Crippen LogP contribution is -1.82. The zero-order chi connectivity index (χ0) is 20.5. The van der Waals surface area contributed by atoms with E-state index in [1.807, 2.05) is 6.07 Å². The number of aromatic hydroxyl groups is 1. The lowest BCUT2D eigenvalue weighted by atomic mass is 9.97. The van der Waals surface area contributed by atoms with Crippen LogP contribution in [0.25, 0.3) is 63.0 Å². The molecule has 0 saturated carbocycles. The molecule has 7 aromatic rings. The molecule has 0 fully saturated rings. The minimum atomic E-state index is 0.196. The molecule has 148 valence electrons. The van der Waals surface area contributed by atoms with Gasteiger partial charge in [0.1, 0.15) is 6.26 Å². The molecule has 7 rings (SSSR count). The van der Waals surface area contributed by atoms with Gasteiger partial charge in [-0.1, -0.05) is 53.0 Å². The van der Waals surface area contributed by atoms with Crippen LogP contribution in [0.4, 0.5) is 0 Å². The molecule has 0 aliphatic carbocycles. The molecule has 0 spiro atoms. The first-order valence-corrected chi connectivity index (χ1v) is 11.5. The zero-order valence-electron chi connectivity index (χ0n) is 16.1. The lowest BCUT2D eigenvalue weighted by molar-refractivity contribution is 0.465. The summed E-state index contributed by atoms with van der Waals surface area (Å²) in [5, 5.41) is 14.4. The van der Waals surface area contributed by atoms with Gasteiger partial charge in [0.15, 0.2) is 15.5 Å². The summed E-state index contributed by atoms with van der Waals surface area (Å²) in [4.78, 5) is 1.73. The van der Waals surface area contributed by atoms with Crippen LogP contribution in [0.1, 0.15) is 0 Å². The molecule has 0 aliphatic heterocycles. The monoisotopic (exact) mass is 438 g/mol. The maximum Gasteiger partial charge on any atom is 0.192 e. The van der Waals surface area contributed by atoms with Crippen molar-refractivity contribution < 1.29 is 13.9 Å². The number of thiophene rings is 2. The minimum absolute atomic E-state index is 0.196. The van der Waals surface area contributed by atoms with Crippen LogP contribution < -0.4 is 0 Å². The van der Waals surface area contributed by atoms with E-state index in [4.69, 9.17) is 8.83 Å². The Bertz CT molecular complexity index is 1760. The average Bonchev–Trinajstić information content (AvgIpc) is 3.55. The van der Waals surface area contributed by atoms with Crippen molar-refractivity contribution in [1.29, 1.82) is 0 Å². The Morgan fingerprint density at radius 3 is 2.10 bits per heavy atom. The number of hydrogen-bond acceptors (Lipinski definition) is 5. The van der Waals surface area contributed by atoms with E-state index >= 15 is 0 Å². The van der Waals surface area contributed by atoms with E-state index < -0.39 is 0 Å². The fourth-order valence-corrected chi connectivity index (χ4v) is 6.34. The van der Waals surface area contributed by atoms with E-state index in [0.717, 1.165) is 36.4 Å². The van der Waals surface area contributed by atoms with Gasteiger partial charge in [-0.15, -0.1) is 0 Å². The molecule has 4 aromatic heterocycles. The zero-order valence-corrected chi connectivity index (χ0v) is 17.7. The molecule has 3 nitrogen and oxygen atoms in total. The highest BCUT2D eigenvalue weighted by Crippen LogP contribution is 2.42. The first-order chi connectivity index (χ1) is 15.2. The first kappa shape index (κ1) is 17.2. The summed E-state index contributed by atoms with van der Waals surface area (Å²) < 4.78 is 13.4. The Morgan fingerprint density at radius 1 is 0.613 bits per heavy atom. The topological polar surface area (TPSA) is 46.5 Å². The summed E-state index contributed by atoms with van der Waals surface area (Å²) in [6.07, 6.45) is 3.16. The molecule has 0 bridgehead atoms. The molecule has 0 unspecified atom stereocenters. The van der Waals surface area contributed by atoms with Gasteiger partial charge in [-0.05, 0) is 58.7 Å². The molecular weight excluding hydrogens is 424 g/mol. The number of hydrogen-bond donors (Lipinski definition) is 1. The fraction of sp³-hybridized carbons (Fsp3) is 0. The summed E-state index contributed by atoms with van der Waals surface area (Å²) in [6, 6.07) is 23.6. The summed E-state index contributed by atoms with van der Waals surface area (Å²) >= 11 is 3.24. The molecule has 0 radical (unpaired) electrons. The van der Waals surface area contributed by atoms with Gasteiger partial charge in [-0.3, -0.25) is 0 Å². The highest BCUT2D eigenvalue weighted by molar-refractivity contribution is 7.25. The van der Waals surface area contributed by atoms with Crippen molar-refractivity contribution >= 4 is 63.4 Å². The first-order valence-electron chi connectivity index (χ1n) is 9.88. The normalized spacial score (nSPS) is 12.0. The van der Waals surface area contributed by atoms with Crippen molar-refractivity contribution in [3.63, 3.8) is 0 Å². The highest BCUT2D eigenvalue weighted by Gasteiger charge is 2.14. The van der Waals surface area contributed by atoms with E-state index in [9.17, 15) is 5.11 Å². The SMILES string of the molecule is Oc1coc2sc3ccc(-c4cccc(-c5ccc6sc7occc7c6c5)c4)cc3c12. The van der Waals surface area contributed by atoms with Crippen molar-refractivity contribution in [3.8, 4) is 28.0 Å². The predicted octanol–water partition coefficient (Wildman–Crippen LogP) is 8.65. The van der Waals surface area contributed by atoms with Crippen LogP contribution in [0.2, 0.25) is 0 Å². The van der Waals surface area contributed by atoms with E-state index in [1.54, 1.807) is 28.9 Å². The Morgan fingerprint density at radius 2 is 1.29 bits per heavy atom. The van der Waals surface area contributed by atoms with Gasteiger partial charge in [0, 0.05) is 25.6 Å². The summed E-state index contributed by atoms with van der Waals surface area (Å²) in [5.41, 5.74) is 4.61. The second-order valence-electron chi connectivity index (χ2n) is 7.61. The van der Waals surface area contributed by atoms with Crippen LogP contribution in [0.3, 0.4) is 0 Å². The minimum Gasteiger partial charge on any atom is -0.504 e. The summed E-state index contributed by atoms with van der Waals surface area (Å²) in [5.74, 6) is 0.196. The van der Waals surface area contributed by atoms with Gasteiger partial charge in [-0.25, -0.2) is 0 Å². The van der Waals surface area contributed by atoms with Crippen LogP contribution in [0.5, 0.6) is 5.75 Å². The van der Waals surface area contributed by atoms with Crippen LogP contribution in [-0.2, 0) is 0 Å². The quantitative estimate of drug-likeness (QED) is 0.294. The van der Waals surface area contributed by atoms with Crippen LogP contribution >= 0.6 is 22.7 Å². The second-order valence-corrected chi connectivity index (χ2v) is 9.64. The molecular formula is C26H14O3S2. The molecule has 31 heavy (non-hydrogen) atoms. The largest absolute Gasteiger partial charge is 0.504 e. The van der Waals surface area contributed by atoms with Gasteiger partial charge < -0.3 is 13.9 Å². The van der Waals surface area contributed by atoms with Gasteiger partial charge in [0.2, 0.25) is 0 Å². The van der Waals surface area contributed by atoms with E-state index in [2.05, 4.69) is 60.7 Å². The number of rotatable bonds is 2. The van der Waals surface area contributed by atoms with Crippen molar-refractivity contribution in [2.24, 2.45) is 0 Å². The predicted molar refractivity (Wildman–Crippen MR) is 129 cm³/mol. The van der Waals surface area contributed by atoms with E-state index in [1.165, 1.54) is 32.9 Å². The maximum absolute atomic E-state index is 10.2. The lowest BCUT2D eigenvalue weighted by Gasteiger charge is -2.07. The fourth-order valence-electron chi connectivity index (χ4n) is 4.31. The molecule has 3 aromatic carbocycles. The third-order valence-corrected chi connectivity index (χ3v) is 7.96. The maximum atomic E-state index is 10.2. The van der Waals surface area contributed by atoms with Crippen molar-refractivity contribution in [2.45, 2.75) is 0 Å². The number of benzene rings is 3. The van der Waals surface area contributed by atoms with E-state index in [-0.39, 0.29) is 5.75 Å². The Hall–Kier alpha value is -3.54. The molecule has 0 amide bonds. The standard InChI is InChI=1S/C26H14O3S2/c27-21-13-29-26-24(21)20-12-17(5-7-23(20)31-26)15-3-1-2-14(10-15)16-4-6-22-19(11-16)18-8-9-28-25(18)30-22/h1-13,27H. The molecule has 4 heterocycles. The third-order valence-electron chi connectivity index (χ3n) is 5.82. The molecule has 1 N–H and O–H groups in total. The Kier molecular flexibility index (Phi) is 3.45. The van der Waals surface area contributed by atoms with E-state index in [0.29, 0.717) is 0 Å². The van der Waals surface area contributed by atoms with Gasteiger partial charge in [0.25, 0.3) is 0 Å². The average molecular weight is 439 g/mol. The molecule has 0 atom stereocenters. The van der Waals surface area contributed by atoms with Gasteiger partial charge in [0.05, 0.1) is 11.6 Å². The summed E-state index contributed by atoms with van der Waals surface area (Å²) in [7, 11) is 0. The third kappa shape index (κ3) is 2.51. The van der Waals surface area contributed by atoms with Crippen LogP contribution in [0.15, 0.2) is 88.1 Å². The molecule has 5 heteroatoms. The molecule has 0 aliphatic rings. The van der Waals surface area contributed by atoms with Crippen molar-refractivity contribution in [3.05, 3.63) is 79.3 Å². The number of furan rings is 2. The smallest absolute Gasteiger partial charge is 0.192 e. The van der Waals surface area contributed by atoms with Crippen LogP contribution in [0, 0.1) is 0 Å². The van der Waals surface area contributed by atoms with Crippen LogP contribution in [-0.4, -0.2) is 5.11 Å². The summed E-state index contributed by atoms with van der Waals surface area (Å²) in [6.45, 7) is 0.